The van der Waals surface area contributed by atoms with Gasteiger partial charge in [-0.2, -0.15) is 0 Å². The number of rotatable bonds is 5. The van der Waals surface area contributed by atoms with E-state index in [0.717, 1.165) is 11.3 Å². The fourth-order valence-corrected chi connectivity index (χ4v) is 2.86. The fraction of sp³-hybridized carbons (Fsp3) is 0.214. The number of aryl methyl sites for hydroxylation is 1. The second-order valence-corrected chi connectivity index (χ2v) is 5.46. The first-order valence-corrected chi connectivity index (χ1v) is 7.04. The number of benzene rings is 1. The first kappa shape index (κ1) is 14.3. The molecule has 0 saturated carbocycles. The van der Waals surface area contributed by atoms with Gasteiger partial charge < -0.3 is 10.9 Å². The minimum Gasteiger partial charge on any atom is -0.409 e. The van der Waals surface area contributed by atoms with E-state index < -0.39 is 0 Å². The quantitative estimate of drug-likeness (QED) is 0.221. The molecule has 1 heterocycles. The molecular formula is C14H16N4OS. The van der Waals surface area contributed by atoms with Gasteiger partial charge in [0.25, 0.3) is 0 Å². The smallest absolute Gasteiger partial charge is 0.188 e. The molecule has 0 aliphatic carbocycles. The van der Waals surface area contributed by atoms with E-state index in [0.29, 0.717) is 11.6 Å². The van der Waals surface area contributed by atoms with Crippen LogP contribution in [0.5, 0.6) is 0 Å². The summed E-state index contributed by atoms with van der Waals surface area (Å²) in [5.41, 5.74) is 7.65. The van der Waals surface area contributed by atoms with Gasteiger partial charge in [-0.05, 0) is 18.6 Å². The topological polar surface area (TPSA) is 84.4 Å². The van der Waals surface area contributed by atoms with Crippen molar-refractivity contribution in [1.29, 1.82) is 0 Å². The Morgan fingerprint density at radius 3 is 2.75 bits per heavy atom. The van der Waals surface area contributed by atoms with Gasteiger partial charge in [0.15, 0.2) is 5.16 Å². The van der Waals surface area contributed by atoms with Crippen LogP contribution in [0.3, 0.4) is 0 Å². The summed E-state index contributed by atoms with van der Waals surface area (Å²) in [6, 6.07) is 11.8. The molecule has 0 bridgehead atoms. The zero-order chi connectivity index (χ0) is 14.4. The summed E-state index contributed by atoms with van der Waals surface area (Å²) in [5, 5.41) is 12.5. The van der Waals surface area contributed by atoms with E-state index >= 15 is 0 Å². The minimum absolute atomic E-state index is 0.00824. The van der Waals surface area contributed by atoms with Crippen molar-refractivity contribution in [2.75, 3.05) is 0 Å². The number of hydrogen-bond acceptors (Lipinski definition) is 5. The summed E-state index contributed by atoms with van der Waals surface area (Å²) in [6.45, 7) is 1.92. The number of nitrogens with zero attached hydrogens (tertiary/aromatic N) is 3. The second kappa shape index (κ2) is 6.91. The molecule has 0 aliphatic heterocycles. The predicted molar refractivity (Wildman–Crippen MR) is 79.8 cm³/mol. The van der Waals surface area contributed by atoms with Crippen molar-refractivity contribution in [3.8, 4) is 0 Å². The molecule has 20 heavy (non-hydrogen) atoms. The Hall–Kier alpha value is -2.08. The fourth-order valence-electron chi connectivity index (χ4n) is 1.74. The van der Waals surface area contributed by atoms with Gasteiger partial charge >= 0.3 is 0 Å². The Labute approximate surface area is 121 Å². The lowest BCUT2D eigenvalue weighted by molar-refractivity contribution is 0.317. The minimum atomic E-state index is 0.00824. The van der Waals surface area contributed by atoms with Crippen molar-refractivity contribution in [1.82, 2.24) is 9.97 Å². The Morgan fingerprint density at radius 1 is 1.35 bits per heavy atom. The average Bonchev–Trinajstić information content (AvgIpc) is 2.47. The van der Waals surface area contributed by atoms with E-state index in [1.54, 1.807) is 6.20 Å². The van der Waals surface area contributed by atoms with Crippen molar-refractivity contribution < 1.29 is 5.21 Å². The predicted octanol–water partition coefficient (Wildman–Crippen LogP) is 2.75. The molecule has 0 aliphatic rings. The van der Waals surface area contributed by atoms with Crippen LogP contribution in [-0.2, 0) is 0 Å². The van der Waals surface area contributed by atoms with Gasteiger partial charge in [0.05, 0.1) is 0 Å². The molecule has 1 aromatic carbocycles. The third kappa shape index (κ3) is 3.96. The summed E-state index contributed by atoms with van der Waals surface area (Å²) in [5.74, 6) is 0.194. The molecule has 2 aromatic rings. The van der Waals surface area contributed by atoms with Crippen LogP contribution < -0.4 is 5.73 Å². The lowest BCUT2D eigenvalue weighted by atomic mass is 10.1. The summed E-state index contributed by atoms with van der Waals surface area (Å²) >= 11 is 1.51. The number of thioether (sulfide) groups is 1. The van der Waals surface area contributed by atoms with Gasteiger partial charge in [-0.25, -0.2) is 9.97 Å². The molecule has 1 aromatic heterocycles. The lowest BCUT2D eigenvalue weighted by Crippen LogP contribution is -2.15. The SMILES string of the molecule is Cc1ccnc(SC(CC(N)=NO)c2ccccc2)n1. The summed E-state index contributed by atoms with van der Waals surface area (Å²) in [7, 11) is 0. The molecule has 1 unspecified atom stereocenters. The molecule has 0 fully saturated rings. The van der Waals surface area contributed by atoms with Crippen LogP contribution in [0.2, 0.25) is 0 Å². The third-order valence-corrected chi connectivity index (χ3v) is 3.85. The molecule has 6 heteroatoms. The molecule has 0 saturated heterocycles. The number of nitrogens with two attached hydrogens (primary N) is 1. The van der Waals surface area contributed by atoms with Crippen LogP contribution in [0, 0.1) is 6.92 Å². The number of oxime groups is 1. The van der Waals surface area contributed by atoms with Crippen LogP contribution in [0.15, 0.2) is 52.9 Å². The van der Waals surface area contributed by atoms with Gasteiger partial charge in [-0.3, -0.25) is 0 Å². The Morgan fingerprint density at radius 2 is 2.10 bits per heavy atom. The van der Waals surface area contributed by atoms with Gasteiger partial charge in [0.1, 0.15) is 5.84 Å². The van der Waals surface area contributed by atoms with Crippen LogP contribution in [-0.4, -0.2) is 21.0 Å². The maximum Gasteiger partial charge on any atom is 0.188 e. The highest BCUT2D eigenvalue weighted by atomic mass is 32.2. The third-order valence-electron chi connectivity index (χ3n) is 2.71. The Kier molecular flexibility index (Phi) is 4.95. The van der Waals surface area contributed by atoms with Gasteiger partial charge in [0, 0.05) is 23.6 Å². The molecule has 0 spiro atoms. The summed E-state index contributed by atoms with van der Waals surface area (Å²) in [6.07, 6.45) is 2.17. The second-order valence-electron chi connectivity index (χ2n) is 4.29. The molecule has 0 amide bonds. The maximum atomic E-state index is 8.76. The Bertz CT molecular complexity index is 589. The first-order chi connectivity index (χ1) is 9.69. The first-order valence-electron chi connectivity index (χ1n) is 6.16. The number of hydrogen-bond donors (Lipinski definition) is 2. The molecule has 104 valence electrons. The van der Waals surface area contributed by atoms with Crippen LogP contribution >= 0.6 is 11.8 Å². The van der Waals surface area contributed by atoms with Crippen molar-refractivity contribution in [2.24, 2.45) is 10.9 Å². The van der Waals surface area contributed by atoms with E-state index in [-0.39, 0.29) is 11.1 Å². The number of aromatic nitrogens is 2. The molecule has 1 atom stereocenters. The van der Waals surface area contributed by atoms with Crippen molar-refractivity contribution in [3.63, 3.8) is 0 Å². The lowest BCUT2D eigenvalue weighted by Gasteiger charge is -2.15. The standard InChI is InChI=1S/C14H16N4OS/c1-10-7-8-16-14(17-10)20-12(9-13(15)18-19)11-5-3-2-4-6-11/h2-8,12,19H,9H2,1H3,(H2,15,18). The van der Waals surface area contributed by atoms with E-state index in [4.69, 9.17) is 10.9 Å². The Balaban J connectivity index is 2.23. The zero-order valence-electron chi connectivity index (χ0n) is 11.1. The summed E-state index contributed by atoms with van der Waals surface area (Å²) in [4.78, 5) is 8.63. The highest BCUT2D eigenvalue weighted by Crippen LogP contribution is 2.35. The molecule has 2 rings (SSSR count). The van der Waals surface area contributed by atoms with E-state index in [2.05, 4.69) is 15.1 Å². The van der Waals surface area contributed by atoms with Crippen LogP contribution in [0.25, 0.3) is 0 Å². The molecule has 0 radical (unpaired) electrons. The van der Waals surface area contributed by atoms with Gasteiger partial charge in [-0.15, -0.1) is 0 Å². The zero-order valence-corrected chi connectivity index (χ0v) is 11.9. The van der Waals surface area contributed by atoms with Crippen LogP contribution in [0.1, 0.15) is 22.9 Å². The molecule has 3 N–H and O–H groups in total. The molecular weight excluding hydrogens is 272 g/mol. The average molecular weight is 288 g/mol. The molecule has 5 nitrogen and oxygen atoms in total. The maximum absolute atomic E-state index is 8.76. The van der Waals surface area contributed by atoms with Gasteiger partial charge in [-0.1, -0.05) is 47.2 Å². The van der Waals surface area contributed by atoms with Crippen molar-refractivity contribution >= 4 is 17.6 Å². The largest absolute Gasteiger partial charge is 0.409 e. The van der Waals surface area contributed by atoms with Crippen molar-refractivity contribution in [2.45, 2.75) is 23.8 Å². The van der Waals surface area contributed by atoms with Crippen molar-refractivity contribution in [3.05, 3.63) is 53.9 Å². The monoisotopic (exact) mass is 288 g/mol. The number of amidine groups is 1. The van der Waals surface area contributed by atoms with E-state index in [9.17, 15) is 0 Å². The van der Waals surface area contributed by atoms with Gasteiger partial charge in [0.2, 0.25) is 0 Å². The normalized spacial score (nSPS) is 13.2. The highest BCUT2D eigenvalue weighted by molar-refractivity contribution is 7.99. The van der Waals surface area contributed by atoms with E-state index in [1.165, 1.54) is 11.8 Å². The summed E-state index contributed by atoms with van der Waals surface area (Å²) < 4.78 is 0. The highest BCUT2D eigenvalue weighted by Gasteiger charge is 2.16. The van der Waals surface area contributed by atoms with E-state index in [1.807, 2.05) is 43.3 Å². The van der Waals surface area contributed by atoms with Crippen LogP contribution in [0.4, 0.5) is 0 Å².